The predicted octanol–water partition coefficient (Wildman–Crippen LogP) is 1.65. The van der Waals surface area contributed by atoms with E-state index in [0.29, 0.717) is 29.8 Å². The van der Waals surface area contributed by atoms with E-state index < -0.39 is 0 Å². The van der Waals surface area contributed by atoms with Crippen molar-refractivity contribution in [1.82, 2.24) is 10.3 Å². The van der Waals surface area contributed by atoms with E-state index in [-0.39, 0.29) is 36.5 Å². The molecule has 1 aliphatic heterocycles. The van der Waals surface area contributed by atoms with Gasteiger partial charge < -0.3 is 20.5 Å². The van der Waals surface area contributed by atoms with Gasteiger partial charge in [0.2, 0.25) is 0 Å². The van der Waals surface area contributed by atoms with Crippen LogP contribution in [0.5, 0.6) is 5.75 Å². The van der Waals surface area contributed by atoms with Gasteiger partial charge in [0.25, 0.3) is 11.8 Å². The molecular weight excluding hydrogens is 334 g/mol. The van der Waals surface area contributed by atoms with Crippen LogP contribution in [0, 0.1) is 5.92 Å². The molecule has 1 aromatic carbocycles. The molecule has 4 rings (SSSR count). The quantitative estimate of drug-likeness (QED) is 0.776. The predicted molar refractivity (Wildman–Crippen MR) is 93.7 cm³/mol. The van der Waals surface area contributed by atoms with E-state index in [1.54, 1.807) is 24.4 Å². The first kappa shape index (κ1) is 16.5. The van der Waals surface area contributed by atoms with E-state index in [0.717, 1.165) is 5.69 Å². The van der Waals surface area contributed by atoms with Gasteiger partial charge in [0.15, 0.2) is 6.61 Å². The van der Waals surface area contributed by atoms with Crippen LogP contribution in [0.4, 0.5) is 5.69 Å². The van der Waals surface area contributed by atoms with E-state index in [2.05, 4.69) is 15.6 Å². The number of carbonyl (C=O) groups is 2. The highest BCUT2D eigenvalue weighted by Crippen LogP contribution is 2.37. The lowest BCUT2D eigenvalue weighted by molar-refractivity contribution is -0.118. The van der Waals surface area contributed by atoms with Crippen molar-refractivity contribution < 1.29 is 19.4 Å². The second kappa shape index (κ2) is 6.76. The van der Waals surface area contributed by atoms with Gasteiger partial charge in [-0.1, -0.05) is 6.07 Å². The van der Waals surface area contributed by atoms with Gasteiger partial charge in [-0.15, -0.1) is 0 Å². The first-order chi connectivity index (χ1) is 12.6. The molecule has 134 valence electrons. The Bertz CT molecular complexity index is 834. The molecule has 1 fully saturated rings. The molecule has 2 heterocycles. The van der Waals surface area contributed by atoms with E-state index >= 15 is 0 Å². The summed E-state index contributed by atoms with van der Waals surface area (Å²) < 4.78 is 5.37. The van der Waals surface area contributed by atoms with E-state index in [1.807, 2.05) is 18.2 Å². The minimum Gasteiger partial charge on any atom is -0.482 e. The van der Waals surface area contributed by atoms with Crippen molar-refractivity contribution in [3.05, 3.63) is 53.9 Å². The number of nitrogens with zero attached hydrogens (tertiary/aromatic N) is 1. The molecule has 0 spiro atoms. The summed E-state index contributed by atoms with van der Waals surface area (Å²) in [5, 5.41) is 15.4. The lowest BCUT2D eigenvalue weighted by atomic mass is 9.76. The largest absolute Gasteiger partial charge is 0.482 e. The van der Waals surface area contributed by atoms with Crippen molar-refractivity contribution in [3.63, 3.8) is 0 Å². The van der Waals surface area contributed by atoms with Crippen LogP contribution in [-0.2, 0) is 4.79 Å². The first-order valence-electron chi connectivity index (χ1n) is 8.56. The number of fused-ring (bicyclic) bond motifs is 1. The van der Waals surface area contributed by atoms with Gasteiger partial charge in [-0.05, 0) is 49.1 Å². The minimum absolute atomic E-state index is 0.0609. The van der Waals surface area contributed by atoms with Crippen LogP contribution < -0.4 is 15.4 Å². The minimum atomic E-state index is -0.316. The molecule has 26 heavy (non-hydrogen) atoms. The number of anilines is 1. The van der Waals surface area contributed by atoms with Crippen molar-refractivity contribution in [3.8, 4) is 5.75 Å². The third-order valence-corrected chi connectivity index (χ3v) is 4.79. The number of nitrogens with one attached hydrogen (secondary N) is 2. The summed E-state index contributed by atoms with van der Waals surface area (Å²) in [6.45, 7) is -0.0609. The molecule has 0 unspecified atom stereocenters. The van der Waals surface area contributed by atoms with Gasteiger partial charge in [-0.25, -0.2) is 0 Å². The summed E-state index contributed by atoms with van der Waals surface area (Å²) >= 11 is 0. The van der Waals surface area contributed by atoms with E-state index in [9.17, 15) is 14.7 Å². The maximum atomic E-state index is 12.8. The normalized spacial score (nSPS) is 22.3. The van der Waals surface area contributed by atoms with Crippen LogP contribution in [0.3, 0.4) is 0 Å². The summed E-state index contributed by atoms with van der Waals surface area (Å²) in [7, 11) is 0. The zero-order valence-electron chi connectivity index (χ0n) is 14.0. The number of ether oxygens (including phenoxy) is 1. The Kier molecular flexibility index (Phi) is 4.30. The van der Waals surface area contributed by atoms with Crippen molar-refractivity contribution >= 4 is 17.5 Å². The maximum absolute atomic E-state index is 12.8. The van der Waals surface area contributed by atoms with Crippen LogP contribution in [0.2, 0.25) is 0 Å². The zero-order chi connectivity index (χ0) is 18.1. The fourth-order valence-electron chi connectivity index (χ4n) is 3.34. The SMILES string of the molecule is O=C1COc2cc(C(=O)N[C@@H](c3ccccn3)C3CC(O)C3)ccc2N1. The Balaban J connectivity index is 1.54. The molecule has 7 nitrogen and oxygen atoms in total. The smallest absolute Gasteiger partial charge is 0.262 e. The van der Waals surface area contributed by atoms with Crippen molar-refractivity contribution in [2.75, 3.05) is 11.9 Å². The van der Waals surface area contributed by atoms with Crippen molar-refractivity contribution in [1.29, 1.82) is 0 Å². The number of aliphatic hydroxyl groups is 1. The summed E-state index contributed by atoms with van der Waals surface area (Å²) in [5.74, 6) is 0.168. The Hall–Kier alpha value is -2.93. The number of hydrogen-bond donors (Lipinski definition) is 3. The van der Waals surface area contributed by atoms with Gasteiger partial charge in [0.1, 0.15) is 5.75 Å². The van der Waals surface area contributed by atoms with E-state index in [4.69, 9.17) is 4.74 Å². The fraction of sp³-hybridized carbons (Fsp3) is 0.316. The molecule has 7 heteroatoms. The maximum Gasteiger partial charge on any atom is 0.262 e. The molecule has 2 aliphatic rings. The lowest BCUT2D eigenvalue weighted by Gasteiger charge is -2.37. The van der Waals surface area contributed by atoms with Crippen LogP contribution >= 0.6 is 0 Å². The number of aliphatic hydroxyl groups excluding tert-OH is 1. The molecule has 0 bridgehead atoms. The van der Waals surface area contributed by atoms with Crippen LogP contribution in [-0.4, -0.2) is 34.6 Å². The molecule has 1 atom stereocenters. The summed E-state index contributed by atoms with van der Waals surface area (Å²) in [6, 6.07) is 10.2. The second-order valence-corrected chi connectivity index (χ2v) is 6.64. The lowest BCUT2D eigenvalue weighted by Crippen LogP contribution is -2.41. The zero-order valence-corrected chi connectivity index (χ0v) is 14.0. The van der Waals surface area contributed by atoms with Crippen LogP contribution in [0.25, 0.3) is 0 Å². The molecule has 0 radical (unpaired) electrons. The van der Waals surface area contributed by atoms with Gasteiger partial charge in [-0.2, -0.15) is 0 Å². The molecule has 1 saturated carbocycles. The van der Waals surface area contributed by atoms with E-state index in [1.165, 1.54) is 0 Å². The van der Waals surface area contributed by atoms with Crippen molar-refractivity contribution in [2.45, 2.75) is 25.0 Å². The molecule has 2 aromatic rings. The van der Waals surface area contributed by atoms with Gasteiger partial charge >= 0.3 is 0 Å². The van der Waals surface area contributed by atoms with Gasteiger partial charge in [0, 0.05) is 11.8 Å². The highest BCUT2D eigenvalue weighted by Gasteiger charge is 2.36. The second-order valence-electron chi connectivity index (χ2n) is 6.64. The average Bonchev–Trinajstić information content (AvgIpc) is 2.64. The highest BCUT2D eigenvalue weighted by molar-refractivity contribution is 5.99. The Morgan fingerprint density at radius 1 is 1.31 bits per heavy atom. The molecule has 3 N–H and O–H groups in total. The van der Waals surface area contributed by atoms with Gasteiger partial charge in [0.05, 0.1) is 23.5 Å². The number of rotatable bonds is 4. The third kappa shape index (κ3) is 3.25. The molecule has 1 aromatic heterocycles. The Morgan fingerprint density at radius 2 is 2.15 bits per heavy atom. The number of pyridine rings is 1. The molecular formula is C19H19N3O4. The van der Waals surface area contributed by atoms with Crippen LogP contribution in [0.1, 0.15) is 34.9 Å². The Labute approximate surface area is 150 Å². The number of benzene rings is 1. The fourth-order valence-corrected chi connectivity index (χ4v) is 3.34. The monoisotopic (exact) mass is 353 g/mol. The standard InChI is InChI=1S/C19H19N3O4/c23-13-7-12(8-13)18(15-3-1-2-6-20-15)22-19(25)11-4-5-14-16(9-11)26-10-17(24)21-14/h1-6,9,12-13,18,23H,7-8,10H2,(H,21,24)(H,22,25)/t12?,13?,18-/m1/s1. The average molecular weight is 353 g/mol. The summed E-state index contributed by atoms with van der Waals surface area (Å²) in [5.41, 5.74) is 1.78. The van der Waals surface area contributed by atoms with Crippen molar-refractivity contribution in [2.24, 2.45) is 5.92 Å². The molecule has 1 aliphatic carbocycles. The third-order valence-electron chi connectivity index (χ3n) is 4.79. The molecule has 2 amide bonds. The number of carbonyl (C=O) groups excluding carboxylic acids is 2. The topological polar surface area (TPSA) is 101 Å². The number of hydrogen-bond acceptors (Lipinski definition) is 5. The number of aromatic nitrogens is 1. The highest BCUT2D eigenvalue weighted by atomic mass is 16.5. The summed E-state index contributed by atoms with van der Waals surface area (Å²) in [4.78, 5) is 28.5. The van der Waals surface area contributed by atoms with Crippen LogP contribution in [0.15, 0.2) is 42.6 Å². The molecule has 0 saturated heterocycles. The first-order valence-corrected chi connectivity index (χ1v) is 8.56. The summed E-state index contributed by atoms with van der Waals surface area (Å²) in [6.07, 6.45) is 2.66. The number of amides is 2. The Morgan fingerprint density at radius 3 is 2.88 bits per heavy atom. The van der Waals surface area contributed by atoms with Gasteiger partial charge in [-0.3, -0.25) is 14.6 Å².